The number of rotatable bonds is 2. The predicted molar refractivity (Wildman–Crippen MR) is 63.9 cm³/mol. The molecule has 1 aliphatic rings. The van der Waals surface area contributed by atoms with Gasteiger partial charge in [0.25, 0.3) is 0 Å². The summed E-state index contributed by atoms with van der Waals surface area (Å²) in [5, 5.41) is 3.09. The number of esters is 1. The molecule has 1 aromatic rings. The van der Waals surface area contributed by atoms with E-state index >= 15 is 0 Å². The van der Waals surface area contributed by atoms with E-state index in [1.54, 1.807) is 0 Å². The first-order chi connectivity index (χ1) is 7.67. The van der Waals surface area contributed by atoms with Crippen molar-refractivity contribution in [2.45, 2.75) is 12.5 Å². The fourth-order valence-electron chi connectivity index (χ4n) is 2.14. The number of fused-ring (bicyclic) bond motifs is 1. The maximum absolute atomic E-state index is 11.6. The van der Waals surface area contributed by atoms with Crippen molar-refractivity contribution >= 4 is 17.3 Å². The molecule has 1 atom stereocenters. The number of methoxy groups -OCH3 is 1. The Morgan fingerprint density at radius 1 is 1.56 bits per heavy atom. The van der Waals surface area contributed by atoms with Crippen LogP contribution in [0.3, 0.4) is 0 Å². The molecule has 2 rings (SSSR count). The number of benzene rings is 1. The van der Waals surface area contributed by atoms with Crippen molar-refractivity contribution in [2.75, 3.05) is 31.4 Å². The standard InChI is InChI=1S/C12H16N2O2/c1-13-9-4-5-10-8(6-9)7-11(14(10)2)12(15)16-3/h4-6,11,13H,7H2,1-3H3. The van der Waals surface area contributed by atoms with E-state index in [2.05, 4.69) is 11.4 Å². The number of nitrogens with zero attached hydrogens (tertiary/aromatic N) is 1. The summed E-state index contributed by atoms with van der Waals surface area (Å²) in [4.78, 5) is 13.5. The van der Waals surface area contributed by atoms with Gasteiger partial charge in [0.2, 0.25) is 0 Å². The van der Waals surface area contributed by atoms with E-state index in [1.807, 2.05) is 31.1 Å². The minimum atomic E-state index is -0.188. The molecule has 0 amide bonds. The summed E-state index contributed by atoms with van der Waals surface area (Å²) in [6, 6.07) is 5.93. The maximum Gasteiger partial charge on any atom is 0.328 e. The first kappa shape index (κ1) is 10.8. The molecule has 1 unspecified atom stereocenters. The van der Waals surface area contributed by atoms with Crippen LogP contribution in [0.2, 0.25) is 0 Å². The predicted octanol–water partition coefficient (Wildman–Crippen LogP) is 1.26. The van der Waals surface area contributed by atoms with Crippen molar-refractivity contribution < 1.29 is 9.53 Å². The van der Waals surface area contributed by atoms with Gasteiger partial charge in [0, 0.05) is 31.9 Å². The van der Waals surface area contributed by atoms with E-state index < -0.39 is 0 Å². The number of carbonyl (C=O) groups is 1. The number of likely N-dealkylation sites (N-methyl/N-ethyl adjacent to an activating group) is 1. The van der Waals surface area contributed by atoms with Crippen molar-refractivity contribution in [1.29, 1.82) is 0 Å². The molecule has 0 radical (unpaired) electrons. The Bertz CT molecular complexity index is 417. The van der Waals surface area contributed by atoms with Gasteiger partial charge in [-0.2, -0.15) is 0 Å². The van der Waals surface area contributed by atoms with Crippen LogP contribution >= 0.6 is 0 Å². The SMILES string of the molecule is CNc1ccc2c(c1)CC(C(=O)OC)N2C. The van der Waals surface area contributed by atoms with Crippen LogP contribution in [0, 0.1) is 0 Å². The molecule has 1 N–H and O–H groups in total. The van der Waals surface area contributed by atoms with Gasteiger partial charge in [0.15, 0.2) is 0 Å². The van der Waals surface area contributed by atoms with E-state index in [-0.39, 0.29) is 12.0 Å². The Morgan fingerprint density at radius 3 is 2.94 bits per heavy atom. The fraction of sp³-hybridized carbons (Fsp3) is 0.417. The minimum absolute atomic E-state index is 0.176. The number of nitrogens with one attached hydrogen (secondary N) is 1. The van der Waals surface area contributed by atoms with Gasteiger partial charge in [-0.3, -0.25) is 0 Å². The number of anilines is 2. The molecule has 0 aromatic heterocycles. The molecule has 16 heavy (non-hydrogen) atoms. The number of ether oxygens (including phenoxy) is 1. The average molecular weight is 220 g/mol. The van der Waals surface area contributed by atoms with Crippen LogP contribution in [0.4, 0.5) is 11.4 Å². The van der Waals surface area contributed by atoms with Gasteiger partial charge in [-0.15, -0.1) is 0 Å². The summed E-state index contributed by atoms with van der Waals surface area (Å²) in [5.41, 5.74) is 3.36. The zero-order valence-corrected chi connectivity index (χ0v) is 9.78. The Kier molecular flexibility index (Phi) is 2.73. The molecule has 4 nitrogen and oxygen atoms in total. The third-order valence-corrected chi connectivity index (χ3v) is 3.10. The summed E-state index contributed by atoms with van der Waals surface area (Å²) in [5.74, 6) is -0.176. The van der Waals surface area contributed by atoms with Gasteiger partial charge >= 0.3 is 5.97 Å². The average Bonchev–Trinajstić information content (AvgIpc) is 2.65. The third kappa shape index (κ3) is 1.60. The van der Waals surface area contributed by atoms with Gasteiger partial charge in [0.05, 0.1) is 7.11 Å². The largest absolute Gasteiger partial charge is 0.467 e. The van der Waals surface area contributed by atoms with Crippen molar-refractivity contribution in [2.24, 2.45) is 0 Å². The van der Waals surface area contributed by atoms with Crippen LogP contribution in [-0.2, 0) is 16.0 Å². The molecule has 0 fully saturated rings. The molecule has 4 heteroatoms. The third-order valence-electron chi connectivity index (χ3n) is 3.10. The van der Waals surface area contributed by atoms with E-state index in [0.29, 0.717) is 6.42 Å². The Hall–Kier alpha value is -1.71. The number of hydrogen-bond donors (Lipinski definition) is 1. The number of hydrogen-bond acceptors (Lipinski definition) is 4. The molecule has 0 aliphatic carbocycles. The summed E-state index contributed by atoms with van der Waals surface area (Å²) < 4.78 is 4.80. The lowest BCUT2D eigenvalue weighted by Gasteiger charge is -2.20. The van der Waals surface area contributed by atoms with E-state index in [4.69, 9.17) is 4.74 Å². The van der Waals surface area contributed by atoms with Crippen LogP contribution in [-0.4, -0.2) is 33.2 Å². The minimum Gasteiger partial charge on any atom is -0.467 e. The Balaban J connectivity index is 2.30. The van der Waals surface area contributed by atoms with Crippen molar-refractivity contribution in [3.63, 3.8) is 0 Å². The highest BCUT2D eigenvalue weighted by atomic mass is 16.5. The van der Waals surface area contributed by atoms with Gasteiger partial charge in [0.1, 0.15) is 6.04 Å². The smallest absolute Gasteiger partial charge is 0.328 e. The van der Waals surface area contributed by atoms with Crippen LogP contribution in [0.5, 0.6) is 0 Å². The summed E-state index contributed by atoms with van der Waals surface area (Å²) >= 11 is 0. The molecule has 1 aromatic carbocycles. The lowest BCUT2D eigenvalue weighted by Crippen LogP contribution is -2.36. The van der Waals surface area contributed by atoms with Gasteiger partial charge in [-0.25, -0.2) is 4.79 Å². The van der Waals surface area contributed by atoms with Crippen LogP contribution < -0.4 is 10.2 Å². The normalized spacial score (nSPS) is 18.2. The van der Waals surface area contributed by atoms with Crippen LogP contribution in [0.15, 0.2) is 18.2 Å². The van der Waals surface area contributed by atoms with Gasteiger partial charge in [-0.05, 0) is 23.8 Å². The molecular formula is C12H16N2O2. The quantitative estimate of drug-likeness (QED) is 0.762. The lowest BCUT2D eigenvalue weighted by molar-refractivity contribution is -0.141. The summed E-state index contributed by atoms with van der Waals surface area (Å²) in [6.45, 7) is 0. The van der Waals surface area contributed by atoms with Crippen LogP contribution in [0.25, 0.3) is 0 Å². The van der Waals surface area contributed by atoms with E-state index in [1.165, 1.54) is 12.7 Å². The topological polar surface area (TPSA) is 41.6 Å². The maximum atomic E-state index is 11.6. The van der Waals surface area contributed by atoms with Crippen molar-refractivity contribution in [3.05, 3.63) is 23.8 Å². The first-order valence-corrected chi connectivity index (χ1v) is 5.28. The second kappa shape index (κ2) is 4.04. The highest BCUT2D eigenvalue weighted by molar-refractivity contribution is 5.84. The molecule has 0 saturated carbocycles. The molecule has 1 aliphatic heterocycles. The zero-order chi connectivity index (χ0) is 11.7. The van der Waals surface area contributed by atoms with E-state index in [0.717, 1.165) is 11.4 Å². The van der Waals surface area contributed by atoms with Crippen LogP contribution in [0.1, 0.15) is 5.56 Å². The molecule has 1 heterocycles. The van der Waals surface area contributed by atoms with E-state index in [9.17, 15) is 4.79 Å². The van der Waals surface area contributed by atoms with Crippen molar-refractivity contribution in [3.8, 4) is 0 Å². The lowest BCUT2D eigenvalue weighted by atomic mass is 10.1. The highest BCUT2D eigenvalue weighted by Crippen LogP contribution is 2.33. The summed E-state index contributed by atoms with van der Waals surface area (Å²) in [7, 11) is 5.24. The molecular weight excluding hydrogens is 204 g/mol. The second-order valence-corrected chi connectivity index (χ2v) is 3.95. The first-order valence-electron chi connectivity index (χ1n) is 5.28. The highest BCUT2D eigenvalue weighted by Gasteiger charge is 2.32. The summed E-state index contributed by atoms with van der Waals surface area (Å²) in [6.07, 6.45) is 0.716. The molecule has 0 spiro atoms. The molecule has 86 valence electrons. The zero-order valence-electron chi connectivity index (χ0n) is 9.78. The second-order valence-electron chi connectivity index (χ2n) is 3.95. The fourth-order valence-corrected chi connectivity index (χ4v) is 2.14. The monoisotopic (exact) mass is 220 g/mol. The Labute approximate surface area is 95.2 Å². The number of carbonyl (C=O) groups excluding carboxylic acids is 1. The molecule has 0 bridgehead atoms. The van der Waals surface area contributed by atoms with Gasteiger partial charge < -0.3 is 15.0 Å². The molecule has 0 saturated heterocycles. The Morgan fingerprint density at radius 2 is 2.31 bits per heavy atom. The van der Waals surface area contributed by atoms with Crippen molar-refractivity contribution in [1.82, 2.24) is 0 Å². The van der Waals surface area contributed by atoms with Gasteiger partial charge in [-0.1, -0.05) is 0 Å².